The maximum Gasteiger partial charge on any atom is 0.120 e. The van der Waals surface area contributed by atoms with Crippen molar-refractivity contribution >= 4 is 0 Å². The summed E-state index contributed by atoms with van der Waals surface area (Å²) in [6.07, 6.45) is 1.60. The molecule has 0 heterocycles. The second-order valence-electron chi connectivity index (χ2n) is 5.58. The smallest absolute Gasteiger partial charge is 0.120 e. The van der Waals surface area contributed by atoms with Crippen molar-refractivity contribution in [3.05, 3.63) is 29.8 Å². The number of nitriles is 1. The second-order valence-corrected chi connectivity index (χ2v) is 5.58. The van der Waals surface area contributed by atoms with Gasteiger partial charge in [0.1, 0.15) is 11.3 Å². The molecule has 0 aliphatic heterocycles. The van der Waals surface area contributed by atoms with Gasteiger partial charge in [-0.25, -0.2) is 0 Å². The molecule has 2 unspecified atom stereocenters. The molecule has 0 radical (unpaired) electrons. The van der Waals surface area contributed by atoms with Crippen molar-refractivity contribution in [1.29, 1.82) is 5.26 Å². The summed E-state index contributed by atoms with van der Waals surface area (Å²) in [6, 6.07) is 10.2. The lowest BCUT2D eigenvalue weighted by atomic mass is 9.96. The van der Waals surface area contributed by atoms with E-state index in [1.165, 1.54) is 0 Å². The Morgan fingerprint density at radius 3 is 2.81 bits per heavy atom. The summed E-state index contributed by atoms with van der Waals surface area (Å²) in [5, 5.41) is 12.6. The van der Waals surface area contributed by atoms with Crippen LogP contribution in [-0.4, -0.2) is 25.3 Å². The van der Waals surface area contributed by atoms with Crippen molar-refractivity contribution in [2.24, 2.45) is 0 Å². The molecule has 0 aliphatic carbocycles. The lowest BCUT2D eigenvalue weighted by Gasteiger charge is -2.27. The third kappa shape index (κ3) is 6.16. The Morgan fingerprint density at radius 2 is 2.19 bits per heavy atom. The highest BCUT2D eigenvalue weighted by atomic mass is 16.5. The third-order valence-electron chi connectivity index (χ3n) is 3.25. The van der Waals surface area contributed by atoms with Crippen LogP contribution in [0.15, 0.2) is 24.3 Å². The van der Waals surface area contributed by atoms with Gasteiger partial charge in [-0.3, -0.25) is 5.32 Å². The predicted octanol–water partition coefficient (Wildman–Crippen LogP) is 3.27. The molecule has 1 aromatic carbocycles. The third-order valence-corrected chi connectivity index (χ3v) is 3.25. The highest BCUT2D eigenvalue weighted by Crippen LogP contribution is 2.19. The molecule has 116 valence electrons. The Bertz CT molecular complexity index is 470. The van der Waals surface area contributed by atoms with Crippen molar-refractivity contribution in [3.8, 4) is 11.8 Å². The summed E-state index contributed by atoms with van der Waals surface area (Å²) in [7, 11) is 1.67. The van der Waals surface area contributed by atoms with Crippen LogP contribution in [0.25, 0.3) is 0 Å². The molecular weight excluding hydrogens is 264 g/mol. The molecule has 0 saturated heterocycles. The maximum atomic E-state index is 9.36. The minimum absolute atomic E-state index is 0.0446. The van der Waals surface area contributed by atoms with E-state index in [2.05, 4.69) is 18.3 Å². The highest BCUT2D eigenvalue weighted by Gasteiger charge is 2.26. The zero-order valence-electron chi connectivity index (χ0n) is 13.5. The van der Waals surface area contributed by atoms with Gasteiger partial charge >= 0.3 is 0 Å². The van der Waals surface area contributed by atoms with Crippen LogP contribution in [0.3, 0.4) is 0 Å². The lowest BCUT2D eigenvalue weighted by molar-refractivity contribution is 0.175. The van der Waals surface area contributed by atoms with Crippen LogP contribution in [0.4, 0.5) is 0 Å². The van der Waals surface area contributed by atoms with Crippen molar-refractivity contribution in [2.45, 2.75) is 51.9 Å². The van der Waals surface area contributed by atoms with Crippen LogP contribution in [0, 0.1) is 11.3 Å². The van der Waals surface area contributed by atoms with Gasteiger partial charge in [0.2, 0.25) is 0 Å². The van der Waals surface area contributed by atoms with Gasteiger partial charge in [0.25, 0.3) is 0 Å². The van der Waals surface area contributed by atoms with Crippen molar-refractivity contribution in [3.63, 3.8) is 0 Å². The van der Waals surface area contributed by atoms with Crippen LogP contribution in [0.5, 0.6) is 5.75 Å². The number of ether oxygens (including phenoxy) is 2. The molecule has 2 atom stereocenters. The van der Waals surface area contributed by atoms with Gasteiger partial charge in [-0.15, -0.1) is 0 Å². The van der Waals surface area contributed by atoms with E-state index < -0.39 is 5.54 Å². The zero-order chi connectivity index (χ0) is 15.7. The Balaban J connectivity index is 2.61. The van der Waals surface area contributed by atoms with Crippen LogP contribution >= 0.6 is 0 Å². The number of rotatable bonds is 9. The van der Waals surface area contributed by atoms with E-state index in [9.17, 15) is 5.26 Å². The largest absolute Gasteiger partial charge is 0.491 e. The summed E-state index contributed by atoms with van der Waals surface area (Å²) in [5.41, 5.74) is 0.522. The number of methoxy groups -OCH3 is 1. The molecule has 21 heavy (non-hydrogen) atoms. The topological polar surface area (TPSA) is 54.3 Å². The molecule has 4 nitrogen and oxygen atoms in total. The number of benzene rings is 1. The number of hydrogen-bond acceptors (Lipinski definition) is 4. The fraction of sp³-hybridized carbons (Fsp3) is 0.588. The molecule has 4 heteroatoms. The van der Waals surface area contributed by atoms with Crippen LogP contribution in [0.2, 0.25) is 0 Å². The van der Waals surface area contributed by atoms with Crippen molar-refractivity contribution < 1.29 is 9.47 Å². The highest BCUT2D eigenvalue weighted by molar-refractivity contribution is 5.28. The number of nitrogens with one attached hydrogen (secondary N) is 1. The Labute approximate surface area is 128 Å². The normalized spacial score (nSPS) is 15.0. The summed E-state index contributed by atoms with van der Waals surface area (Å²) in [6.45, 7) is 7.40. The summed E-state index contributed by atoms with van der Waals surface area (Å²) in [4.78, 5) is 0. The minimum atomic E-state index is -0.556. The van der Waals surface area contributed by atoms with Crippen LogP contribution < -0.4 is 10.1 Å². The molecule has 1 rings (SSSR count). The molecule has 0 aliphatic rings. The van der Waals surface area contributed by atoms with Gasteiger partial charge in [-0.05, 0) is 44.5 Å². The van der Waals surface area contributed by atoms with E-state index in [0.29, 0.717) is 13.0 Å². The van der Waals surface area contributed by atoms with E-state index in [0.717, 1.165) is 24.3 Å². The van der Waals surface area contributed by atoms with Gasteiger partial charge in [-0.1, -0.05) is 19.1 Å². The predicted molar refractivity (Wildman–Crippen MR) is 84.2 cm³/mol. The first-order chi connectivity index (χ1) is 10.0. The zero-order valence-corrected chi connectivity index (χ0v) is 13.5. The average Bonchev–Trinajstić information content (AvgIpc) is 2.46. The second kappa shape index (κ2) is 8.66. The van der Waals surface area contributed by atoms with E-state index >= 15 is 0 Å². The van der Waals surface area contributed by atoms with Crippen molar-refractivity contribution in [2.75, 3.05) is 13.7 Å². The van der Waals surface area contributed by atoms with Gasteiger partial charge in [0.15, 0.2) is 0 Å². The Hall–Kier alpha value is -1.57. The Morgan fingerprint density at radius 1 is 1.43 bits per heavy atom. The average molecular weight is 290 g/mol. The molecule has 0 spiro atoms. The minimum Gasteiger partial charge on any atom is -0.491 e. The van der Waals surface area contributed by atoms with E-state index in [-0.39, 0.29) is 6.10 Å². The summed E-state index contributed by atoms with van der Waals surface area (Å²) >= 11 is 0. The molecule has 0 bridgehead atoms. The van der Waals surface area contributed by atoms with E-state index in [1.807, 2.05) is 38.1 Å². The standard InChI is InChI=1S/C17H26N2O2/c1-5-9-19-17(3,13-18)11-14(2)21-16-8-6-7-15(10-16)12-20-4/h6-8,10,14,19H,5,9,11-12H2,1-4H3. The molecule has 0 aromatic heterocycles. The molecular formula is C17H26N2O2. The fourth-order valence-electron chi connectivity index (χ4n) is 2.28. The molecule has 1 N–H and O–H groups in total. The lowest BCUT2D eigenvalue weighted by Crippen LogP contribution is -2.44. The van der Waals surface area contributed by atoms with Crippen LogP contribution in [0.1, 0.15) is 39.2 Å². The summed E-state index contributed by atoms with van der Waals surface area (Å²) in [5.74, 6) is 0.813. The molecule has 1 aromatic rings. The quantitative estimate of drug-likeness (QED) is 0.758. The van der Waals surface area contributed by atoms with Gasteiger partial charge < -0.3 is 9.47 Å². The van der Waals surface area contributed by atoms with Gasteiger partial charge in [0, 0.05) is 13.5 Å². The maximum absolute atomic E-state index is 9.36. The van der Waals surface area contributed by atoms with Crippen LogP contribution in [-0.2, 0) is 11.3 Å². The van der Waals surface area contributed by atoms with Gasteiger partial charge in [0.05, 0.1) is 18.8 Å². The monoisotopic (exact) mass is 290 g/mol. The first kappa shape index (κ1) is 17.5. The number of hydrogen-bond donors (Lipinski definition) is 1. The first-order valence-electron chi connectivity index (χ1n) is 7.44. The number of nitrogens with zero attached hydrogens (tertiary/aromatic N) is 1. The SMILES string of the molecule is CCCNC(C)(C#N)CC(C)Oc1cccc(COC)c1. The molecule has 0 saturated carbocycles. The van der Waals surface area contributed by atoms with Gasteiger partial charge in [-0.2, -0.15) is 5.26 Å². The first-order valence-corrected chi connectivity index (χ1v) is 7.44. The van der Waals surface area contributed by atoms with E-state index in [4.69, 9.17) is 9.47 Å². The molecule has 0 amide bonds. The fourth-order valence-corrected chi connectivity index (χ4v) is 2.28. The molecule has 0 fully saturated rings. The van der Waals surface area contributed by atoms with Crippen molar-refractivity contribution in [1.82, 2.24) is 5.32 Å². The Kier molecular flexibility index (Phi) is 7.21. The van der Waals surface area contributed by atoms with E-state index in [1.54, 1.807) is 7.11 Å². The summed E-state index contributed by atoms with van der Waals surface area (Å²) < 4.78 is 11.1.